The third-order valence-corrected chi connectivity index (χ3v) is 4.01. The van der Waals surface area contributed by atoms with Crippen molar-refractivity contribution in [3.8, 4) is 11.5 Å². The largest absolute Gasteiger partial charge is 0.419 e. The Bertz CT molecular complexity index is 996. The molecule has 1 aromatic carbocycles. The molecule has 3 amide bonds. The number of nitrogens with one attached hydrogen (secondary N) is 1. The van der Waals surface area contributed by atoms with Gasteiger partial charge in [0.05, 0.1) is 17.7 Å². The summed E-state index contributed by atoms with van der Waals surface area (Å²) < 4.78 is 5.47. The quantitative estimate of drug-likeness (QED) is 0.673. The molecule has 134 valence electrons. The van der Waals surface area contributed by atoms with E-state index in [0.29, 0.717) is 22.6 Å². The zero-order valence-corrected chi connectivity index (χ0v) is 14.0. The number of benzene rings is 1. The van der Waals surface area contributed by atoms with Crippen LogP contribution < -0.4 is 5.32 Å². The van der Waals surface area contributed by atoms with Crippen molar-refractivity contribution >= 4 is 17.7 Å². The fourth-order valence-corrected chi connectivity index (χ4v) is 2.69. The molecule has 0 saturated carbocycles. The van der Waals surface area contributed by atoms with E-state index in [1.807, 2.05) is 0 Å². The molecule has 3 heterocycles. The number of aromatic nitrogens is 3. The molecule has 0 aliphatic carbocycles. The first-order chi connectivity index (χ1) is 13.1. The molecule has 0 saturated heterocycles. The number of amides is 3. The van der Waals surface area contributed by atoms with Crippen LogP contribution >= 0.6 is 0 Å². The van der Waals surface area contributed by atoms with Crippen molar-refractivity contribution in [1.82, 2.24) is 25.4 Å². The summed E-state index contributed by atoms with van der Waals surface area (Å²) in [5, 5.41) is 10.3. The summed E-state index contributed by atoms with van der Waals surface area (Å²) in [6.07, 6.45) is 3.20. The van der Waals surface area contributed by atoms with Crippen molar-refractivity contribution in [2.45, 2.75) is 6.54 Å². The van der Waals surface area contributed by atoms with Crippen LogP contribution in [0.2, 0.25) is 0 Å². The smallest absolute Gasteiger partial charge is 0.262 e. The van der Waals surface area contributed by atoms with Crippen LogP contribution in [0.1, 0.15) is 26.6 Å². The standard InChI is InChI=1S/C18H13N5O4/c24-14(10-23-17(25)12-3-1-2-4-13(12)18(23)26)20-9-15-21-22-16(27-15)11-5-7-19-8-6-11/h1-8H,9-10H2,(H,20,24). The summed E-state index contributed by atoms with van der Waals surface area (Å²) in [4.78, 5) is 41.5. The van der Waals surface area contributed by atoms with Crippen molar-refractivity contribution in [3.05, 3.63) is 65.8 Å². The number of rotatable bonds is 5. The minimum absolute atomic E-state index is 0.0138. The molecule has 9 heteroatoms. The molecule has 1 aliphatic heterocycles. The van der Waals surface area contributed by atoms with Gasteiger partial charge >= 0.3 is 0 Å². The van der Waals surface area contributed by atoms with E-state index >= 15 is 0 Å². The fraction of sp³-hybridized carbons (Fsp3) is 0.111. The monoisotopic (exact) mass is 363 g/mol. The summed E-state index contributed by atoms with van der Waals surface area (Å²) >= 11 is 0. The molecule has 2 aromatic heterocycles. The van der Waals surface area contributed by atoms with Crippen LogP contribution in [-0.4, -0.2) is 44.3 Å². The number of hydrogen-bond donors (Lipinski definition) is 1. The second-order valence-electron chi connectivity index (χ2n) is 5.76. The first-order valence-corrected chi connectivity index (χ1v) is 8.08. The van der Waals surface area contributed by atoms with Crippen LogP contribution in [-0.2, 0) is 11.3 Å². The highest BCUT2D eigenvalue weighted by Gasteiger charge is 2.36. The maximum atomic E-state index is 12.3. The van der Waals surface area contributed by atoms with Gasteiger partial charge in [-0.3, -0.25) is 24.3 Å². The van der Waals surface area contributed by atoms with Crippen molar-refractivity contribution in [2.75, 3.05) is 6.54 Å². The Labute approximate surface area is 153 Å². The molecule has 9 nitrogen and oxygen atoms in total. The normalized spacial score (nSPS) is 13.0. The Hall–Kier alpha value is -3.88. The first-order valence-electron chi connectivity index (χ1n) is 8.08. The minimum Gasteiger partial charge on any atom is -0.419 e. The highest BCUT2D eigenvalue weighted by atomic mass is 16.4. The molecule has 4 rings (SSSR count). The molecular weight excluding hydrogens is 350 g/mol. The summed E-state index contributed by atoms with van der Waals surface area (Å²) in [5.41, 5.74) is 1.31. The molecule has 0 unspecified atom stereocenters. The molecule has 0 atom stereocenters. The molecule has 1 aliphatic rings. The zero-order valence-electron chi connectivity index (χ0n) is 14.0. The molecule has 27 heavy (non-hydrogen) atoms. The minimum atomic E-state index is -0.506. The lowest BCUT2D eigenvalue weighted by Crippen LogP contribution is -2.40. The lowest BCUT2D eigenvalue weighted by Gasteiger charge is -2.12. The molecule has 0 fully saturated rings. The van der Waals surface area contributed by atoms with Crippen molar-refractivity contribution in [3.63, 3.8) is 0 Å². The molecular formula is C18H13N5O4. The number of nitrogens with zero attached hydrogens (tertiary/aromatic N) is 4. The maximum Gasteiger partial charge on any atom is 0.262 e. The van der Waals surface area contributed by atoms with Gasteiger partial charge in [0.15, 0.2) is 0 Å². The van der Waals surface area contributed by atoms with Gasteiger partial charge in [0.1, 0.15) is 6.54 Å². The summed E-state index contributed by atoms with van der Waals surface area (Å²) in [5.74, 6) is -0.959. The molecule has 0 bridgehead atoms. The predicted molar refractivity (Wildman–Crippen MR) is 91.2 cm³/mol. The van der Waals surface area contributed by atoms with E-state index in [1.165, 1.54) is 0 Å². The molecule has 0 spiro atoms. The highest BCUT2D eigenvalue weighted by Crippen LogP contribution is 2.22. The average molecular weight is 363 g/mol. The Morgan fingerprint density at radius 3 is 2.33 bits per heavy atom. The highest BCUT2D eigenvalue weighted by molar-refractivity contribution is 6.22. The third kappa shape index (κ3) is 3.17. The van der Waals surface area contributed by atoms with Crippen molar-refractivity contribution < 1.29 is 18.8 Å². The lowest BCUT2D eigenvalue weighted by atomic mass is 10.1. The summed E-state index contributed by atoms with van der Waals surface area (Å²) in [7, 11) is 0. The van der Waals surface area contributed by atoms with Crippen LogP contribution in [0.3, 0.4) is 0 Å². The van der Waals surface area contributed by atoms with Crippen molar-refractivity contribution in [1.29, 1.82) is 0 Å². The van der Waals surface area contributed by atoms with Gasteiger partial charge in [-0.05, 0) is 24.3 Å². The second-order valence-corrected chi connectivity index (χ2v) is 5.76. The van der Waals surface area contributed by atoms with E-state index in [9.17, 15) is 14.4 Å². The van der Waals surface area contributed by atoms with Gasteiger partial charge in [-0.2, -0.15) is 0 Å². The Morgan fingerprint density at radius 1 is 1.00 bits per heavy atom. The topological polar surface area (TPSA) is 118 Å². The first kappa shape index (κ1) is 16.6. The Morgan fingerprint density at radius 2 is 1.67 bits per heavy atom. The van der Waals surface area contributed by atoms with Crippen LogP contribution in [0.4, 0.5) is 0 Å². The molecule has 1 N–H and O–H groups in total. The number of hydrogen-bond acceptors (Lipinski definition) is 7. The van der Waals surface area contributed by atoms with Crippen LogP contribution in [0.15, 0.2) is 53.2 Å². The number of imide groups is 1. The molecule has 0 radical (unpaired) electrons. The van der Waals surface area contributed by atoms with Crippen LogP contribution in [0.25, 0.3) is 11.5 Å². The van der Waals surface area contributed by atoms with Gasteiger partial charge in [0, 0.05) is 18.0 Å². The van der Waals surface area contributed by atoms with Crippen molar-refractivity contribution in [2.24, 2.45) is 0 Å². The Balaban J connectivity index is 1.37. The lowest BCUT2D eigenvalue weighted by molar-refractivity contribution is -0.121. The second kappa shape index (κ2) is 6.79. The summed E-state index contributed by atoms with van der Waals surface area (Å²) in [6, 6.07) is 9.91. The summed E-state index contributed by atoms with van der Waals surface area (Å²) in [6.45, 7) is -0.391. The number of pyridine rings is 1. The van der Waals surface area contributed by atoms with Gasteiger partial charge in [-0.1, -0.05) is 12.1 Å². The van der Waals surface area contributed by atoms with E-state index in [4.69, 9.17) is 4.42 Å². The zero-order chi connectivity index (χ0) is 18.8. The van der Waals surface area contributed by atoms with Gasteiger partial charge < -0.3 is 9.73 Å². The van der Waals surface area contributed by atoms with Gasteiger partial charge in [-0.15, -0.1) is 10.2 Å². The number of carbonyl (C=O) groups is 3. The van der Waals surface area contributed by atoms with Crippen LogP contribution in [0, 0.1) is 0 Å². The van der Waals surface area contributed by atoms with Gasteiger partial charge in [0.2, 0.25) is 17.7 Å². The fourth-order valence-electron chi connectivity index (χ4n) is 2.69. The van der Waals surface area contributed by atoms with E-state index in [2.05, 4.69) is 20.5 Å². The average Bonchev–Trinajstić information content (AvgIpc) is 3.27. The molecule has 3 aromatic rings. The third-order valence-electron chi connectivity index (χ3n) is 4.01. The van der Waals surface area contributed by atoms with E-state index in [0.717, 1.165) is 4.90 Å². The van der Waals surface area contributed by atoms with Crippen LogP contribution in [0.5, 0.6) is 0 Å². The van der Waals surface area contributed by atoms with E-state index in [1.54, 1.807) is 48.8 Å². The number of carbonyl (C=O) groups excluding carboxylic acids is 3. The number of fused-ring (bicyclic) bond motifs is 1. The van der Waals surface area contributed by atoms with Gasteiger partial charge in [-0.25, -0.2) is 0 Å². The predicted octanol–water partition coefficient (Wildman–Crippen LogP) is 1.04. The Kier molecular flexibility index (Phi) is 4.17. The van der Waals surface area contributed by atoms with E-state index < -0.39 is 17.7 Å². The SMILES string of the molecule is O=C(CN1C(=O)c2ccccc2C1=O)NCc1nnc(-c2ccncc2)o1. The van der Waals surface area contributed by atoms with E-state index in [-0.39, 0.29) is 19.0 Å². The maximum absolute atomic E-state index is 12.3. The van der Waals surface area contributed by atoms with Gasteiger partial charge in [0.25, 0.3) is 11.8 Å².